The van der Waals surface area contributed by atoms with Gasteiger partial charge >= 0.3 is 0 Å². The highest BCUT2D eigenvalue weighted by molar-refractivity contribution is 5.97. The Morgan fingerprint density at radius 1 is 0.846 bits per heavy atom. The second kappa shape index (κ2) is 7.11. The smallest absolute Gasteiger partial charge is 0.296 e. The maximum Gasteiger partial charge on any atom is 0.296 e. The third kappa shape index (κ3) is 3.42. The number of carbonyl (C=O) groups is 1. The van der Waals surface area contributed by atoms with Crippen LogP contribution in [0.1, 0.15) is 11.6 Å². The van der Waals surface area contributed by atoms with Crippen LogP contribution in [-0.2, 0) is 4.79 Å². The Labute approximate surface area is 150 Å². The van der Waals surface area contributed by atoms with Crippen molar-refractivity contribution >= 4 is 28.7 Å². The molecule has 4 aromatic rings. The van der Waals surface area contributed by atoms with Crippen LogP contribution in [0.3, 0.4) is 0 Å². The molecule has 128 valence electrons. The Hall–Kier alpha value is -3.60. The molecule has 1 aromatic heterocycles. The third-order valence-corrected chi connectivity index (χ3v) is 4.00. The lowest BCUT2D eigenvalue weighted by molar-refractivity contribution is -0.117. The fraction of sp³-hybridized carbons (Fsp3) is 0.0476. The van der Waals surface area contributed by atoms with Crippen molar-refractivity contribution in [2.75, 3.05) is 10.6 Å². The number of anilines is 2. The van der Waals surface area contributed by atoms with Gasteiger partial charge in [0.2, 0.25) is 0 Å². The van der Waals surface area contributed by atoms with Gasteiger partial charge in [0.05, 0.1) is 0 Å². The van der Waals surface area contributed by atoms with Crippen LogP contribution >= 0.6 is 0 Å². The highest BCUT2D eigenvalue weighted by Gasteiger charge is 2.22. The Morgan fingerprint density at radius 2 is 1.50 bits per heavy atom. The number of nitrogens with one attached hydrogen (secondary N) is 2. The van der Waals surface area contributed by atoms with Crippen molar-refractivity contribution in [2.45, 2.75) is 6.04 Å². The summed E-state index contributed by atoms with van der Waals surface area (Å²) in [4.78, 5) is 17.3. The van der Waals surface area contributed by atoms with Crippen molar-refractivity contribution in [3.63, 3.8) is 0 Å². The first-order valence-corrected chi connectivity index (χ1v) is 8.32. The predicted octanol–water partition coefficient (Wildman–Crippen LogP) is 4.62. The molecule has 4 rings (SSSR count). The molecule has 0 aliphatic heterocycles. The van der Waals surface area contributed by atoms with Gasteiger partial charge in [0, 0.05) is 5.69 Å². The second-order valence-corrected chi connectivity index (χ2v) is 5.83. The van der Waals surface area contributed by atoms with Crippen LogP contribution in [0.4, 0.5) is 11.7 Å². The van der Waals surface area contributed by atoms with E-state index in [1.165, 1.54) is 0 Å². The summed E-state index contributed by atoms with van der Waals surface area (Å²) in [7, 11) is 0. The highest BCUT2D eigenvalue weighted by Crippen LogP contribution is 2.24. The zero-order valence-electron chi connectivity index (χ0n) is 13.9. The SMILES string of the molecule is O=C(Nc1ccccc1)[C@@H](Nc1nc2ccccc2o1)c1ccccc1. The summed E-state index contributed by atoms with van der Waals surface area (Å²) in [6, 6.07) is 26.0. The van der Waals surface area contributed by atoms with Crippen LogP contribution in [0.5, 0.6) is 0 Å². The minimum Gasteiger partial charge on any atom is -0.424 e. The molecular formula is C21H17N3O2. The zero-order chi connectivity index (χ0) is 17.8. The van der Waals surface area contributed by atoms with Gasteiger partial charge in [-0.3, -0.25) is 4.79 Å². The molecule has 1 atom stereocenters. The number of benzene rings is 3. The Morgan fingerprint density at radius 3 is 2.23 bits per heavy atom. The summed E-state index contributed by atoms with van der Waals surface area (Å²) >= 11 is 0. The lowest BCUT2D eigenvalue weighted by Gasteiger charge is -2.17. The third-order valence-electron chi connectivity index (χ3n) is 4.00. The molecule has 0 aliphatic carbocycles. The molecule has 0 radical (unpaired) electrons. The average Bonchev–Trinajstić information content (AvgIpc) is 3.10. The second-order valence-electron chi connectivity index (χ2n) is 5.83. The molecule has 0 spiro atoms. The molecule has 0 bridgehead atoms. The quantitative estimate of drug-likeness (QED) is 0.555. The number of hydrogen-bond acceptors (Lipinski definition) is 4. The first-order valence-electron chi connectivity index (χ1n) is 8.32. The van der Waals surface area contributed by atoms with E-state index in [0.717, 1.165) is 16.8 Å². The fourth-order valence-corrected chi connectivity index (χ4v) is 2.74. The monoisotopic (exact) mass is 343 g/mol. The Kier molecular flexibility index (Phi) is 4.35. The number of rotatable bonds is 5. The topological polar surface area (TPSA) is 67.2 Å². The number of nitrogens with zero attached hydrogens (tertiary/aromatic N) is 1. The summed E-state index contributed by atoms with van der Waals surface area (Å²) < 4.78 is 5.72. The van der Waals surface area contributed by atoms with Gasteiger partial charge in [0.25, 0.3) is 11.9 Å². The number of amides is 1. The Bertz CT molecular complexity index is 980. The van der Waals surface area contributed by atoms with E-state index in [4.69, 9.17) is 4.42 Å². The van der Waals surface area contributed by atoms with Crippen molar-refractivity contribution in [3.05, 3.63) is 90.5 Å². The minimum absolute atomic E-state index is 0.190. The van der Waals surface area contributed by atoms with E-state index in [-0.39, 0.29) is 5.91 Å². The minimum atomic E-state index is -0.635. The van der Waals surface area contributed by atoms with Crippen molar-refractivity contribution in [2.24, 2.45) is 0 Å². The van der Waals surface area contributed by atoms with Crippen molar-refractivity contribution in [1.29, 1.82) is 0 Å². The number of hydrogen-bond donors (Lipinski definition) is 2. The molecule has 1 heterocycles. The number of fused-ring (bicyclic) bond motifs is 1. The lowest BCUT2D eigenvalue weighted by atomic mass is 10.1. The maximum atomic E-state index is 12.9. The molecule has 5 nitrogen and oxygen atoms in total. The van der Waals surface area contributed by atoms with Crippen LogP contribution in [0.25, 0.3) is 11.1 Å². The van der Waals surface area contributed by atoms with Crippen LogP contribution < -0.4 is 10.6 Å². The van der Waals surface area contributed by atoms with E-state index in [2.05, 4.69) is 15.6 Å². The number of para-hydroxylation sites is 3. The first-order chi connectivity index (χ1) is 12.8. The van der Waals surface area contributed by atoms with Crippen LogP contribution in [0.15, 0.2) is 89.3 Å². The first kappa shape index (κ1) is 15.9. The largest absolute Gasteiger partial charge is 0.424 e. The van der Waals surface area contributed by atoms with Crippen molar-refractivity contribution in [1.82, 2.24) is 4.98 Å². The molecular weight excluding hydrogens is 326 g/mol. The van der Waals surface area contributed by atoms with Gasteiger partial charge in [0.1, 0.15) is 11.6 Å². The van der Waals surface area contributed by atoms with Gasteiger partial charge in [-0.1, -0.05) is 60.7 Å². The number of aromatic nitrogens is 1. The number of carbonyl (C=O) groups excluding carboxylic acids is 1. The molecule has 26 heavy (non-hydrogen) atoms. The van der Waals surface area contributed by atoms with E-state index in [1.807, 2.05) is 84.9 Å². The highest BCUT2D eigenvalue weighted by atomic mass is 16.4. The lowest BCUT2D eigenvalue weighted by Crippen LogP contribution is -2.27. The molecule has 0 saturated heterocycles. The predicted molar refractivity (Wildman–Crippen MR) is 102 cm³/mol. The van der Waals surface area contributed by atoms with E-state index in [1.54, 1.807) is 0 Å². The molecule has 5 heteroatoms. The van der Waals surface area contributed by atoms with Crippen molar-refractivity contribution in [3.8, 4) is 0 Å². The van der Waals surface area contributed by atoms with E-state index in [0.29, 0.717) is 11.6 Å². The summed E-state index contributed by atoms with van der Waals surface area (Å²) in [6.07, 6.45) is 0. The fourth-order valence-electron chi connectivity index (χ4n) is 2.74. The Balaban J connectivity index is 1.63. The molecule has 0 fully saturated rings. The standard InChI is InChI=1S/C21H17N3O2/c25-20(22-16-11-5-2-6-12-16)19(15-9-3-1-4-10-15)24-21-23-17-13-7-8-14-18(17)26-21/h1-14,19H,(H,22,25)(H,23,24)/t19-/m0/s1. The van der Waals surface area contributed by atoms with Crippen LogP contribution in [-0.4, -0.2) is 10.9 Å². The summed E-state index contributed by atoms with van der Waals surface area (Å²) in [5.41, 5.74) is 2.97. The summed E-state index contributed by atoms with van der Waals surface area (Å²) in [5, 5.41) is 6.04. The average molecular weight is 343 g/mol. The normalized spacial score (nSPS) is 11.8. The molecule has 1 amide bonds. The maximum absolute atomic E-state index is 12.9. The summed E-state index contributed by atoms with van der Waals surface area (Å²) in [6.45, 7) is 0. The van der Waals surface area contributed by atoms with Gasteiger partial charge in [-0.25, -0.2) is 0 Å². The molecule has 3 aromatic carbocycles. The molecule has 0 aliphatic rings. The number of oxazole rings is 1. The van der Waals surface area contributed by atoms with Crippen LogP contribution in [0.2, 0.25) is 0 Å². The zero-order valence-corrected chi connectivity index (χ0v) is 13.9. The van der Waals surface area contributed by atoms with Gasteiger partial charge < -0.3 is 15.1 Å². The van der Waals surface area contributed by atoms with Crippen LogP contribution in [0, 0.1) is 0 Å². The van der Waals surface area contributed by atoms with E-state index in [9.17, 15) is 4.79 Å². The molecule has 2 N–H and O–H groups in total. The molecule has 0 saturated carbocycles. The van der Waals surface area contributed by atoms with Gasteiger partial charge in [-0.15, -0.1) is 0 Å². The van der Waals surface area contributed by atoms with Gasteiger partial charge in [-0.05, 0) is 29.8 Å². The van der Waals surface area contributed by atoms with Gasteiger partial charge in [0.15, 0.2) is 5.58 Å². The van der Waals surface area contributed by atoms with Gasteiger partial charge in [-0.2, -0.15) is 4.98 Å². The van der Waals surface area contributed by atoms with E-state index >= 15 is 0 Å². The van der Waals surface area contributed by atoms with Crippen molar-refractivity contribution < 1.29 is 9.21 Å². The summed E-state index contributed by atoms with van der Waals surface area (Å²) in [5.74, 6) is -0.190. The van der Waals surface area contributed by atoms with E-state index < -0.39 is 6.04 Å². The molecule has 0 unspecified atom stereocenters.